The predicted octanol–water partition coefficient (Wildman–Crippen LogP) is 5.18. The fraction of sp³-hybridized carbons (Fsp3) is 0.300. The summed E-state index contributed by atoms with van der Waals surface area (Å²) < 4.78 is 7.97. The molecule has 5 nitrogen and oxygen atoms in total. The zero-order valence-electron chi connectivity index (χ0n) is 15.0. The molecule has 1 atom stereocenters. The molecule has 1 aromatic heterocycles. The summed E-state index contributed by atoms with van der Waals surface area (Å²) in [7, 11) is 2.15. The van der Waals surface area contributed by atoms with Crippen molar-refractivity contribution in [2.75, 3.05) is 20.1 Å². The van der Waals surface area contributed by atoms with Crippen LogP contribution in [0.15, 0.2) is 48.7 Å². The van der Waals surface area contributed by atoms with E-state index in [1.165, 1.54) is 6.42 Å². The third-order valence-electron chi connectivity index (χ3n) is 4.83. The van der Waals surface area contributed by atoms with Gasteiger partial charge in [-0.15, -0.1) is 5.10 Å². The van der Waals surface area contributed by atoms with Crippen LogP contribution in [0, 0.1) is 0 Å². The minimum Gasteiger partial charge on any atom is -0.454 e. The molecule has 0 N–H and O–H groups in total. The van der Waals surface area contributed by atoms with Crippen molar-refractivity contribution < 1.29 is 4.74 Å². The van der Waals surface area contributed by atoms with Crippen LogP contribution >= 0.6 is 23.2 Å². The summed E-state index contributed by atoms with van der Waals surface area (Å²) in [5.74, 6) is 1.61. The normalized spacial score (nSPS) is 17.8. The lowest BCUT2D eigenvalue weighted by atomic mass is 9.95. The Kier molecular flexibility index (Phi) is 5.34. The molecular weight excluding hydrogens is 383 g/mol. The first-order chi connectivity index (χ1) is 13.1. The summed E-state index contributed by atoms with van der Waals surface area (Å²) in [5.41, 5.74) is 1.93. The molecule has 1 saturated heterocycles. The Labute approximate surface area is 168 Å². The highest BCUT2D eigenvalue weighted by Gasteiger charge is 2.24. The van der Waals surface area contributed by atoms with Crippen LogP contribution < -0.4 is 4.74 Å². The number of rotatable bonds is 4. The number of ether oxygens (including phenoxy) is 1. The van der Waals surface area contributed by atoms with Gasteiger partial charge in [-0.3, -0.25) is 0 Å². The van der Waals surface area contributed by atoms with Crippen molar-refractivity contribution in [1.82, 2.24) is 19.9 Å². The molecular formula is C20H20Cl2N4O. The number of nitrogens with zero attached hydrogens (tertiary/aromatic N) is 4. The van der Waals surface area contributed by atoms with Gasteiger partial charge in [-0.25, -0.2) is 4.68 Å². The van der Waals surface area contributed by atoms with Gasteiger partial charge >= 0.3 is 0 Å². The molecule has 1 fully saturated rings. The van der Waals surface area contributed by atoms with Crippen LogP contribution in [-0.4, -0.2) is 40.0 Å². The second-order valence-electron chi connectivity index (χ2n) is 6.82. The van der Waals surface area contributed by atoms with Crippen molar-refractivity contribution >= 4 is 23.2 Å². The number of hydrogen-bond acceptors (Lipinski definition) is 4. The van der Waals surface area contributed by atoms with Gasteiger partial charge in [0, 0.05) is 17.5 Å². The number of piperidine rings is 1. The van der Waals surface area contributed by atoms with E-state index in [4.69, 9.17) is 27.9 Å². The SMILES string of the molecule is CN1CCCC(c2cnnn2-c2ccccc2Oc2ccc(Cl)cc2Cl)C1. The summed E-state index contributed by atoms with van der Waals surface area (Å²) in [6, 6.07) is 12.9. The van der Waals surface area contributed by atoms with Crippen LogP contribution in [0.1, 0.15) is 24.5 Å². The van der Waals surface area contributed by atoms with Crippen LogP contribution in [-0.2, 0) is 0 Å². The molecule has 27 heavy (non-hydrogen) atoms. The van der Waals surface area contributed by atoms with E-state index in [9.17, 15) is 0 Å². The molecule has 4 rings (SSSR count). The van der Waals surface area contributed by atoms with Crippen molar-refractivity contribution in [3.05, 3.63) is 64.4 Å². The largest absolute Gasteiger partial charge is 0.454 e. The van der Waals surface area contributed by atoms with Crippen molar-refractivity contribution in [2.24, 2.45) is 0 Å². The zero-order chi connectivity index (χ0) is 18.8. The topological polar surface area (TPSA) is 43.2 Å². The lowest BCUT2D eigenvalue weighted by Crippen LogP contribution is -2.31. The third-order valence-corrected chi connectivity index (χ3v) is 5.36. The number of benzene rings is 2. The van der Waals surface area contributed by atoms with Crippen LogP contribution in [0.5, 0.6) is 11.5 Å². The van der Waals surface area contributed by atoms with Crippen LogP contribution in [0.25, 0.3) is 5.69 Å². The number of hydrogen-bond donors (Lipinski definition) is 0. The third kappa shape index (κ3) is 3.95. The number of likely N-dealkylation sites (tertiary alicyclic amines) is 1. The molecule has 3 aromatic rings. The minimum absolute atomic E-state index is 0.394. The minimum atomic E-state index is 0.394. The number of para-hydroxylation sites is 2. The smallest absolute Gasteiger partial charge is 0.153 e. The van der Waals surface area contributed by atoms with E-state index in [1.807, 2.05) is 35.1 Å². The first-order valence-corrected chi connectivity index (χ1v) is 9.69. The molecule has 0 saturated carbocycles. The van der Waals surface area contributed by atoms with Crippen molar-refractivity contribution in [3.63, 3.8) is 0 Å². The second-order valence-corrected chi connectivity index (χ2v) is 7.66. The average molecular weight is 403 g/mol. The molecule has 2 heterocycles. The Bertz CT molecular complexity index is 943. The molecule has 140 valence electrons. The summed E-state index contributed by atoms with van der Waals surface area (Å²) in [4.78, 5) is 2.35. The summed E-state index contributed by atoms with van der Waals surface area (Å²) in [6.45, 7) is 2.13. The van der Waals surface area contributed by atoms with Gasteiger partial charge in [-0.05, 0) is 56.8 Å². The molecule has 1 unspecified atom stereocenters. The first kappa shape index (κ1) is 18.3. The second kappa shape index (κ2) is 7.89. The molecule has 7 heteroatoms. The maximum atomic E-state index is 6.28. The fourth-order valence-corrected chi connectivity index (χ4v) is 3.96. The highest BCUT2D eigenvalue weighted by Crippen LogP contribution is 2.35. The van der Waals surface area contributed by atoms with Gasteiger partial charge in [-0.1, -0.05) is 40.5 Å². The maximum absolute atomic E-state index is 6.28. The summed E-state index contributed by atoms with van der Waals surface area (Å²) in [5, 5.41) is 9.54. The molecule has 2 aromatic carbocycles. The Balaban J connectivity index is 1.69. The molecule has 1 aliphatic heterocycles. The summed E-state index contributed by atoms with van der Waals surface area (Å²) in [6.07, 6.45) is 4.16. The standard InChI is InChI=1S/C20H20Cl2N4O/c1-25-10-4-5-14(13-25)18-12-23-24-26(18)17-6-2-3-7-20(17)27-19-9-8-15(21)11-16(19)22/h2-3,6-9,11-12,14H,4-5,10,13H2,1H3. The Morgan fingerprint density at radius 3 is 2.78 bits per heavy atom. The monoisotopic (exact) mass is 402 g/mol. The first-order valence-electron chi connectivity index (χ1n) is 8.93. The van der Waals surface area contributed by atoms with Crippen LogP contribution in [0.3, 0.4) is 0 Å². The van der Waals surface area contributed by atoms with Gasteiger partial charge in [0.1, 0.15) is 11.4 Å². The highest BCUT2D eigenvalue weighted by atomic mass is 35.5. The zero-order valence-corrected chi connectivity index (χ0v) is 16.5. The van der Waals surface area contributed by atoms with E-state index >= 15 is 0 Å². The molecule has 0 radical (unpaired) electrons. The molecule has 0 aliphatic carbocycles. The Morgan fingerprint density at radius 2 is 1.96 bits per heavy atom. The number of halogens is 2. The van der Waals surface area contributed by atoms with Crippen molar-refractivity contribution in [1.29, 1.82) is 0 Å². The van der Waals surface area contributed by atoms with E-state index in [2.05, 4.69) is 22.3 Å². The van der Waals surface area contributed by atoms with Gasteiger partial charge in [0.15, 0.2) is 5.75 Å². The lowest BCUT2D eigenvalue weighted by molar-refractivity contribution is 0.246. The van der Waals surface area contributed by atoms with Gasteiger partial charge in [0.05, 0.1) is 16.9 Å². The van der Waals surface area contributed by atoms with E-state index in [-0.39, 0.29) is 0 Å². The van der Waals surface area contributed by atoms with Crippen LogP contribution in [0.2, 0.25) is 10.0 Å². The Hall–Kier alpha value is -2.08. The van der Waals surface area contributed by atoms with Gasteiger partial charge < -0.3 is 9.64 Å². The van der Waals surface area contributed by atoms with E-state index < -0.39 is 0 Å². The molecule has 0 spiro atoms. The Morgan fingerprint density at radius 1 is 1.11 bits per heavy atom. The van der Waals surface area contributed by atoms with E-state index in [0.29, 0.717) is 27.5 Å². The van der Waals surface area contributed by atoms with Gasteiger partial charge in [0.2, 0.25) is 0 Å². The van der Waals surface area contributed by atoms with Gasteiger partial charge in [0.25, 0.3) is 0 Å². The van der Waals surface area contributed by atoms with E-state index in [0.717, 1.165) is 30.9 Å². The maximum Gasteiger partial charge on any atom is 0.153 e. The molecule has 0 bridgehead atoms. The molecule has 1 aliphatic rings. The highest BCUT2D eigenvalue weighted by molar-refractivity contribution is 6.35. The lowest BCUT2D eigenvalue weighted by Gasteiger charge is -2.29. The van der Waals surface area contributed by atoms with Crippen molar-refractivity contribution in [2.45, 2.75) is 18.8 Å². The van der Waals surface area contributed by atoms with E-state index in [1.54, 1.807) is 18.2 Å². The average Bonchev–Trinajstić information content (AvgIpc) is 3.14. The number of aromatic nitrogens is 3. The quantitative estimate of drug-likeness (QED) is 0.603. The number of likely N-dealkylation sites (N-methyl/N-ethyl adjacent to an activating group) is 1. The predicted molar refractivity (Wildman–Crippen MR) is 107 cm³/mol. The fourth-order valence-electron chi connectivity index (χ4n) is 3.51. The van der Waals surface area contributed by atoms with Crippen LogP contribution in [0.4, 0.5) is 0 Å². The molecule has 0 amide bonds. The van der Waals surface area contributed by atoms with Gasteiger partial charge in [-0.2, -0.15) is 0 Å². The van der Waals surface area contributed by atoms with Crippen molar-refractivity contribution in [3.8, 4) is 17.2 Å². The summed E-state index contributed by atoms with van der Waals surface area (Å²) >= 11 is 12.3.